The molecular formula is C11H12O5. The molecule has 0 heterocycles. The molecular weight excluding hydrogens is 212 g/mol. The van der Waals surface area contributed by atoms with Crippen molar-refractivity contribution in [2.45, 2.75) is 13.8 Å². The Morgan fingerprint density at radius 3 is 2.00 bits per heavy atom. The largest absolute Gasteiger partial charge is 0.478 e. The predicted molar refractivity (Wildman–Crippen MR) is 56.4 cm³/mol. The molecule has 0 aromatic carbocycles. The number of ether oxygens (including phenoxy) is 1. The van der Waals surface area contributed by atoms with Crippen LogP contribution in [0.1, 0.15) is 13.8 Å². The lowest BCUT2D eigenvalue weighted by Crippen LogP contribution is -2.14. The molecule has 0 aliphatic carbocycles. The summed E-state index contributed by atoms with van der Waals surface area (Å²) in [7, 11) is 0. The third kappa shape index (κ3) is 4.36. The van der Waals surface area contributed by atoms with Crippen LogP contribution in [0.25, 0.3) is 0 Å². The third-order valence-electron chi connectivity index (χ3n) is 1.52. The number of carboxylic acids is 1. The molecule has 0 fully saturated rings. The Balaban J connectivity index is 4.60. The zero-order valence-electron chi connectivity index (χ0n) is 9.07. The Bertz CT molecular complexity index is 401. The monoisotopic (exact) mass is 224 g/mol. The molecule has 0 bridgehead atoms. The van der Waals surface area contributed by atoms with Crippen molar-refractivity contribution >= 4 is 17.9 Å². The summed E-state index contributed by atoms with van der Waals surface area (Å²) in [5.74, 6) is -3.04. The molecule has 0 amide bonds. The molecule has 0 aromatic heterocycles. The molecule has 0 radical (unpaired) electrons. The van der Waals surface area contributed by atoms with Crippen LogP contribution in [-0.4, -0.2) is 23.0 Å². The molecule has 0 atom stereocenters. The van der Waals surface area contributed by atoms with Crippen LogP contribution >= 0.6 is 0 Å². The SMILES string of the molecule is C=C(C)C(=O)OC(=O)C(=C)C=C(C)C(=O)O. The predicted octanol–water partition coefficient (Wildman–Crippen LogP) is 1.22. The number of hydrogen-bond acceptors (Lipinski definition) is 4. The van der Waals surface area contributed by atoms with E-state index < -0.39 is 17.9 Å². The van der Waals surface area contributed by atoms with Gasteiger partial charge in [-0.05, 0) is 19.9 Å². The smallest absolute Gasteiger partial charge is 0.345 e. The van der Waals surface area contributed by atoms with Crippen LogP contribution in [0, 0.1) is 0 Å². The van der Waals surface area contributed by atoms with Crippen molar-refractivity contribution in [1.82, 2.24) is 0 Å². The van der Waals surface area contributed by atoms with Crippen LogP contribution in [0.5, 0.6) is 0 Å². The minimum Gasteiger partial charge on any atom is -0.478 e. The Morgan fingerprint density at radius 2 is 1.62 bits per heavy atom. The van der Waals surface area contributed by atoms with E-state index in [1.54, 1.807) is 0 Å². The summed E-state index contributed by atoms with van der Waals surface area (Å²) < 4.78 is 4.34. The van der Waals surface area contributed by atoms with Crippen molar-refractivity contribution < 1.29 is 24.2 Å². The van der Waals surface area contributed by atoms with Gasteiger partial charge in [0.1, 0.15) is 0 Å². The first-order valence-corrected chi connectivity index (χ1v) is 4.28. The quantitative estimate of drug-likeness (QED) is 0.336. The highest BCUT2D eigenvalue weighted by Crippen LogP contribution is 2.04. The summed E-state index contributed by atoms with van der Waals surface area (Å²) in [6.45, 7) is 9.26. The van der Waals surface area contributed by atoms with Gasteiger partial charge < -0.3 is 9.84 Å². The summed E-state index contributed by atoms with van der Waals surface area (Å²) in [4.78, 5) is 32.6. The lowest BCUT2D eigenvalue weighted by atomic mass is 10.2. The van der Waals surface area contributed by atoms with Crippen LogP contribution in [0.4, 0.5) is 0 Å². The molecule has 5 heteroatoms. The van der Waals surface area contributed by atoms with Crippen LogP contribution < -0.4 is 0 Å². The number of esters is 2. The fraction of sp³-hybridized carbons (Fsp3) is 0.182. The van der Waals surface area contributed by atoms with Gasteiger partial charge in [-0.2, -0.15) is 0 Å². The Kier molecular flexibility index (Phi) is 4.88. The number of carbonyl (C=O) groups is 3. The lowest BCUT2D eigenvalue weighted by molar-refractivity contribution is -0.153. The number of rotatable bonds is 4. The zero-order valence-corrected chi connectivity index (χ0v) is 9.07. The van der Waals surface area contributed by atoms with Gasteiger partial charge in [0.2, 0.25) is 0 Å². The Labute approximate surface area is 92.7 Å². The molecule has 0 saturated carbocycles. The van der Waals surface area contributed by atoms with Crippen molar-refractivity contribution in [3.05, 3.63) is 36.0 Å². The van der Waals surface area contributed by atoms with E-state index in [2.05, 4.69) is 17.9 Å². The molecule has 16 heavy (non-hydrogen) atoms. The van der Waals surface area contributed by atoms with E-state index in [0.717, 1.165) is 6.08 Å². The topological polar surface area (TPSA) is 80.7 Å². The van der Waals surface area contributed by atoms with Crippen LogP contribution in [0.2, 0.25) is 0 Å². The minimum atomic E-state index is -1.18. The van der Waals surface area contributed by atoms with E-state index in [9.17, 15) is 14.4 Å². The highest BCUT2D eigenvalue weighted by atomic mass is 16.6. The van der Waals surface area contributed by atoms with E-state index in [1.165, 1.54) is 13.8 Å². The van der Waals surface area contributed by atoms with Crippen molar-refractivity contribution in [3.8, 4) is 0 Å². The van der Waals surface area contributed by atoms with Gasteiger partial charge >= 0.3 is 17.9 Å². The zero-order chi connectivity index (χ0) is 12.9. The Hall–Kier alpha value is -2.17. The summed E-state index contributed by atoms with van der Waals surface area (Å²) in [5, 5.41) is 8.54. The number of carboxylic acid groups (broad SMARTS) is 1. The van der Waals surface area contributed by atoms with Crippen LogP contribution in [-0.2, 0) is 19.1 Å². The van der Waals surface area contributed by atoms with Gasteiger partial charge in [-0.1, -0.05) is 13.2 Å². The average molecular weight is 224 g/mol. The first-order valence-electron chi connectivity index (χ1n) is 4.28. The molecule has 0 spiro atoms. The van der Waals surface area contributed by atoms with Gasteiger partial charge in [0.05, 0.1) is 5.57 Å². The van der Waals surface area contributed by atoms with Gasteiger partial charge in [-0.15, -0.1) is 0 Å². The minimum absolute atomic E-state index is 0.0695. The second kappa shape index (κ2) is 5.65. The van der Waals surface area contributed by atoms with Crippen molar-refractivity contribution in [3.63, 3.8) is 0 Å². The highest BCUT2D eigenvalue weighted by molar-refractivity contribution is 6.03. The average Bonchev–Trinajstić information content (AvgIpc) is 2.16. The summed E-state index contributed by atoms with van der Waals surface area (Å²) in [6.07, 6.45) is 1.02. The Morgan fingerprint density at radius 1 is 1.12 bits per heavy atom. The van der Waals surface area contributed by atoms with Crippen molar-refractivity contribution in [1.29, 1.82) is 0 Å². The van der Waals surface area contributed by atoms with E-state index in [0.29, 0.717) is 0 Å². The van der Waals surface area contributed by atoms with Gasteiger partial charge in [-0.25, -0.2) is 14.4 Å². The molecule has 0 aromatic rings. The van der Waals surface area contributed by atoms with E-state index in [-0.39, 0.29) is 16.7 Å². The van der Waals surface area contributed by atoms with E-state index in [1.807, 2.05) is 0 Å². The summed E-state index contributed by atoms with van der Waals surface area (Å²) in [6, 6.07) is 0. The summed E-state index contributed by atoms with van der Waals surface area (Å²) in [5.41, 5.74) is -0.223. The molecule has 0 aliphatic rings. The maximum absolute atomic E-state index is 11.2. The van der Waals surface area contributed by atoms with Crippen LogP contribution in [0.15, 0.2) is 36.0 Å². The van der Waals surface area contributed by atoms with Gasteiger partial charge in [0, 0.05) is 11.1 Å². The fourth-order valence-corrected chi connectivity index (χ4v) is 0.619. The maximum Gasteiger partial charge on any atom is 0.345 e. The first kappa shape index (κ1) is 13.8. The molecule has 0 aliphatic heterocycles. The normalized spacial score (nSPS) is 10.5. The second-order valence-corrected chi connectivity index (χ2v) is 3.12. The second-order valence-electron chi connectivity index (χ2n) is 3.12. The first-order chi connectivity index (χ1) is 7.25. The standard InChI is InChI=1S/C11H12O5/c1-6(2)10(14)16-11(15)8(4)5-7(3)9(12)13/h5H,1,4H2,2-3H3,(H,12,13). The molecule has 1 N–H and O–H groups in total. The number of aliphatic carboxylic acids is 1. The molecule has 86 valence electrons. The highest BCUT2D eigenvalue weighted by Gasteiger charge is 2.14. The third-order valence-corrected chi connectivity index (χ3v) is 1.52. The van der Waals surface area contributed by atoms with E-state index >= 15 is 0 Å². The summed E-state index contributed by atoms with van der Waals surface area (Å²) >= 11 is 0. The molecule has 0 saturated heterocycles. The maximum atomic E-state index is 11.2. The fourth-order valence-electron chi connectivity index (χ4n) is 0.619. The van der Waals surface area contributed by atoms with Crippen molar-refractivity contribution in [2.24, 2.45) is 0 Å². The van der Waals surface area contributed by atoms with Crippen LogP contribution in [0.3, 0.4) is 0 Å². The lowest BCUT2D eigenvalue weighted by Gasteiger charge is -2.02. The molecule has 0 rings (SSSR count). The van der Waals surface area contributed by atoms with Gasteiger partial charge in [0.25, 0.3) is 0 Å². The van der Waals surface area contributed by atoms with Gasteiger partial charge in [-0.3, -0.25) is 0 Å². The van der Waals surface area contributed by atoms with Gasteiger partial charge in [0.15, 0.2) is 0 Å². The van der Waals surface area contributed by atoms with E-state index in [4.69, 9.17) is 5.11 Å². The molecule has 5 nitrogen and oxygen atoms in total. The molecule has 0 unspecified atom stereocenters. The van der Waals surface area contributed by atoms with Crippen molar-refractivity contribution in [2.75, 3.05) is 0 Å². The number of hydrogen-bond donors (Lipinski definition) is 1. The number of carbonyl (C=O) groups excluding carboxylic acids is 2.